The highest BCUT2D eigenvalue weighted by atomic mass is 32.2. The first kappa shape index (κ1) is 15.7. The Morgan fingerprint density at radius 3 is 2.53 bits per heavy atom. The number of hydrogen-bond acceptors (Lipinski definition) is 5. The van der Waals surface area contributed by atoms with Crippen molar-refractivity contribution in [3.05, 3.63) is 18.2 Å². The molecule has 0 aliphatic carbocycles. The molecule has 0 saturated heterocycles. The van der Waals surface area contributed by atoms with Gasteiger partial charge in [0.25, 0.3) is 0 Å². The Balaban J connectivity index is 2.86. The van der Waals surface area contributed by atoms with E-state index in [-0.39, 0.29) is 23.0 Å². The van der Waals surface area contributed by atoms with E-state index in [4.69, 9.17) is 10.5 Å². The van der Waals surface area contributed by atoms with Gasteiger partial charge in [0.15, 0.2) is 0 Å². The molecule has 0 spiro atoms. The van der Waals surface area contributed by atoms with Crippen LogP contribution < -0.4 is 15.2 Å². The van der Waals surface area contributed by atoms with Gasteiger partial charge in [-0.25, -0.2) is 13.1 Å². The highest BCUT2D eigenvalue weighted by molar-refractivity contribution is 7.89. The molecule has 0 aliphatic rings. The minimum absolute atomic E-state index is 0.0244. The van der Waals surface area contributed by atoms with Gasteiger partial charge in [-0.1, -0.05) is 13.8 Å². The lowest BCUT2D eigenvalue weighted by Gasteiger charge is -2.15. The molecule has 6 nitrogen and oxygen atoms in total. The highest BCUT2D eigenvalue weighted by Gasteiger charge is 2.18. The van der Waals surface area contributed by atoms with Crippen LogP contribution >= 0.6 is 0 Å². The third-order valence-electron chi connectivity index (χ3n) is 2.76. The number of nitrogens with one attached hydrogen (secondary N) is 1. The zero-order valence-corrected chi connectivity index (χ0v) is 12.1. The second-order valence-corrected chi connectivity index (χ2v) is 6.33. The van der Waals surface area contributed by atoms with E-state index in [2.05, 4.69) is 4.72 Å². The fourth-order valence-electron chi connectivity index (χ4n) is 1.39. The SMILES string of the molecule is COc1ccc(S(=O)(=O)NCC(O)C(C)C)cc1N. The number of nitrogen functional groups attached to an aromatic ring is 1. The summed E-state index contributed by atoms with van der Waals surface area (Å²) in [7, 11) is -2.23. The van der Waals surface area contributed by atoms with Crippen LogP contribution in [-0.2, 0) is 10.0 Å². The van der Waals surface area contributed by atoms with Gasteiger partial charge in [-0.3, -0.25) is 0 Å². The molecule has 0 aromatic heterocycles. The van der Waals surface area contributed by atoms with Gasteiger partial charge in [-0.05, 0) is 24.1 Å². The zero-order valence-electron chi connectivity index (χ0n) is 11.3. The molecular weight excluding hydrogens is 268 g/mol. The highest BCUT2D eigenvalue weighted by Crippen LogP contribution is 2.24. The normalized spacial score (nSPS) is 13.5. The quantitative estimate of drug-likeness (QED) is 0.664. The van der Waals surface area contributed by atoms with Gasteiger partial charge in [-0.15, -0.1) is 0 Å². The molecule has 4 N–H and O–H groups in total. The number of ether oxygens (including phenoxy) is 1. The Labute approximate surface area is 113 Å². The Hall–Kier alpha value is -1.31. The van der Waals surface area contributed by atoms with Gasteiger partial charge in [0.05, 0.1) is 23.8 Å². The van der Waals surface area contributed by atoms with Crippen LogP contribution in [0, 0.1) is 5.92 Å². The monoisotopic (exact) mass is 288 g/mol. The number of anilines is 1. The van der Waals surface area contributed by atoms with Crippen molar-refractivity contribution in [1.82, 2.24) is 4.72 Å². The van der Waals surface area contributed by atoms with E-state index in [9.17, 15) is 13.5 Å². The molecule has 0 aliphatic heterocycles. The maximum Gasteiger partial charge on any atom is 0.240 e. The molecule has 1 rings (SSSR count). The summed E-state index contributed by atoms with van der Waals surface area (Å²) in [5, 5.41) is 9.60. The number of rotatable bonds is 6. The van der Waals surface area contributed by atoms with Crippen LogP contribution in [0.2, 0.25) is 0 Å². The van der Waals surface area contributed by atoms with E-state index in [1.165, 1.54) is 25.3 Å². The first-order valence-corrected chi connectivity index (χ1v) is 7.37. The number of aliphatic hydroxyl groups is 1. The third kappa shape index (κ3) is 4.09. The van der Waals surface area contributed by atoms with Crippen molar-refractivity contribution in [3.8, 4) is 5.75 Å². The van der Waals surface area contributed by atoms with E-state index < -0.39 is 16.1 Å². The molecule has 0 amide bonds. The third-order valence-corrected chi connectivity index (χ3v) is 4.18. The van der Waals surface area contributed by atoms with Crippen molar-refractivity contribution >= 4 is 15.7 Å². The van der Waals surface area contributed by atoms with Gasteiger partial charge in [0.1, 0.15) is 5.75 Å². The van der Waals surface area contributed by atoms with Gasteiger partial charge in [-0.2, -0.15) is 0 Å². The molecule has 19 heavy (non-hydrogen) atoms. The number of sulfonamides is 1. The molecule has 1 aromatic carbocycles. The number of benzene rings is 1. The molecule has 1 unspecified atom stereocenters. The predicted octanol–water partition coefficient (Wildman–Crippen LogP) is 0.573. The first-order chi connectivity index (χ1) is 8.77. The molecule has 7 heteroatoms. The zero-order chi connectivity index (χ0) is 14.6. The Morgan fingerprint density at radius 1 is 1.42 bits per heavy atom. The average Bonchev–Trinajstić information content (AvgIpc) is 2.35. The smallest absolute Gasteiger partial charge is 0.240 e. The van der Waals surface area contributed by atoms with E-state index in [0.29, 0.717) is 5.75 Å². The van der Waals surface area contributed by atoms with Crippen molar-refractivity contribution in [2.45, 2.75) is 24.8 Å². The van der Waals surface area contributed by atoms with Crippen LogP contribution in [0.1, 0.15) is 13.8 Å². The van der Waals surface area contributed by atoms with Gasteiger partial charge < -0.3 is 15.6 Å². The van der Waals surface area contributed by atoms with E-state index in [1.807, 2.05) is 13.8 Å². The van der Waals surface area contributed by atoms with E-state index in [0.717, 1.165) is 0 Å². The van der Waals surface area contributed by atoms with E-state index in [1.54, 1.807) is 0 Å². The maximum atomic E-state index is 12.0. The summed E-state index contributed by atoms with van der Waals surface area (Å²) in [5.74, 6) is 0.393. The van der Waals surface area contributed by atoms with Crippen molar-refractivity contribution in [2.24, 2.45) is 5.92 Å². The van der Waals surface area contributed by atoms with Gasteiger partial charge in [0, 0.05) is 6.54 Å². The Kier molecular flexibility index (Phi) is 5.16. The summed E-state index contributed by atoms with van der Waals surface area (Å²) in [6.45, 7) is 3.58. The predicted molar refractivity (Wildman–Crippen MR) is 73.4 cm³/mol. The minimum Gasteiger partial charge on any atom is -0.495 e. The average molecular weight is 288 g/mol. The summed E-state index contributed by atoms with van der Waals surface area (Å²) in [6, 6.07) is 4.21. The van der Waals surface area contributed by atoms with Crippen molar-refractivity contribution < 1.29 is 18.3 Å². The largest absolute Gasteiger partial charge is 0.495 e. The molecule has 1 atom stereocenters. The molecule has 0 radical (unpaired) electrons. The van der Waals surface area contributed by atoms with Crippen molar-refractivity contribution in [3.63, 3.8) is 0 Å². The maximum absolute atomic E-state index is 12.0. The van der Waals surface area contributed by atoms with Crippen LogP contribution in [0.25, 0.3) is 0 Å². The van der Waals surface area contributed by atoms with Crippen molar-refractivity contribution in [2.75, 3.05) is 19.4 Å². The van der Waals surface area contributed by atoms with Gasteiger partial charge >= 0.3 is 0 Å². The number of nitrogens with two attached hydrogens (primary N) is 1. The number of aliphatic hydroxyl groups excluding tert-OH is 1. The lowest BCUT2D eigenvalue weighted by molar-refractivity contribution is 0.129. The number of hydrogen-bond donors (Lipinski definition) is 3. The summed E-state index contributed by atoms with van der Waals surface area (Å²) in [6.07, 6.45) is -0.731. The van der Waals surface area contributed by atoms with E-state index >= 15 is 0 Å². The summed E-state index contributed by atoms with van der Waals surface area (Å²) >= 11 is 0. The Bertz CT molecular complexity index is 529. The summed E-state index contributed by atoms with van der Waals surface area (Å²) in [4.78, 5) is 0.0433. The first-order valence-electron chi connectivity index (χ1n) is 5.89. The Morgan fingerprint density at radius 2 is 2.05 bits per heavy atom. The summed E-state index contributed by atoms with van der Waals surface area (Å²) in [5.41, 5.74) is 5.91. The molecule has 0 fully saturated rings. The van der Waals surface area contributed by atoms with Crippen LogP contribution in [-0.4, -0.2) is 33.3 Å². The summed E-state index contributed by atoms with van der Waals surface area (Å²) < 4.78 is 31.3. The number of methoxy groups -OCH3 is 1. The van der Waals surface area contributed by atoms with Crippen LogP contribution in [0.5, 0.6) is 5.75 Å². The minimum atomic E-state index is -3.68. The molecule has 0 heterocycles. The molecular formula is C12H20N2O4S. The lowest BCUT2D eigenvalue weighted by atomic mass is 10.1. The van der Waals surface area contributed by atoms with Crippen LogP contribution in [0.15, 0.2) is 23.1 Å². The second-order valence-electron chi connectivity index (χ2n) is 4.57. The topological polar surface area (TPSA) is 102 Å². The fraction of sp³-hybridized carbons (Fsp3) is 0.500. The fourth-order valence-corrected chi connectivity index (χ4v) is 2.48. The van der Waals surface area contributed by atoms with Crippen LogP contribution in [0.3, 0.4) is 0 Å². The molecule has 0 bridgehead atoms. The lowest BCUT2D eigenvalue weighted by Crippen LogP contribution is -2.34. The van der Waals surface area contributed by atoms with Gasteiger partial charge in [0.2, 0.25) is 10.0 Å². The van der Waals surface area contributed by atoms with Crippen LogP contribution in [0.4, 0.5) is 5.69 Å². The second kappa shape index (κ2) is 6.23. The van der Waals surface area contributed by atoms with Crippen molar-refractivity contribution in [1.29, 1.82) is 0 Å². The molecule has 0 saturated carbocycles. The standard InChI is InChI=1S/C12H20N2O4S/c1-8(2)11(15)7-14-19(16,17)9-4-5-12(18-3)10(13)6-9/h4-6,8,11,14-15H,7,13H2,1-3H3. The molecule has 1 aromatic rings. The molecule has 108 valence electrons.